The number of fused-ring (bicyclic) bond motifs is 2. The van der Waals surface area contributed by atoms with Crippen molar-refractivity contribution in [3.8, 4) is 0 Å². The second-order valence-electron chi connectivity index (χ2n) is 11.9. The molecule has 2 aliphatic rings. The minimum absolute atomic E-state index is 0.0392. The number of rotatable bonds is 7. The normalized spacial score (nSPS) is 25.0. The number of carbonyl (C=O) groups is 2. The van der Waals surface area contributed by atoms with Gasteiger partial charge >= 0.3 is 0 Å². The molecule has 200 valence electrons. The minimum atomic E-state index is -1.23. The summed E-state index contributed by atoms with van der Waals surface area (Å²) in [5.41, 5.74) is 0.156. The molecule has 2 aromatic rings. The lowest BCUT2D eigenvalue weighted by molar-refractivity contribution is -0.123. The van der Waals surface area contributed by atoms with Gasteiger partial charge in [0, 0.05) is 38.0 Å². The van der Waals surface area contributed by atoms with Crippen LogP contribution in [0.1, 0.15) is 50.7 Å². The maximum Gasteiger partial charge on any atom is 0.237 e. The third-order valence-corrected chi connectivity index (χ3v) is 9.57. The third kappa shape index (κ3) is 5.33. The molecule has 3 N–H and O–H groups in total. The number of anilines is 1. The van der Waals surface area contributed by atoms with Crippen LogP contribution in [0.2, 0.25) is 29.2 Å². The SMILES string of the molecule is C[SiH](C)CCCNC(=O)[C@@H]1N[C@@H](CC(C)(C)C)[C@@]2(C(=O)Nc3cc(Cl)ccc32)[C@H]1c1cccc(Cl)c1F. The minimum Gasteiger partial charge on any atom is -0.355 e. The van der Waals surface area contributed by atoms with Crippen LogP contribution in [0, 0.1) is 11.2 Å². The lowest BCUT2D eigenvalue weighted by atomic mass is 9.62. The summed E-state index contributed by atoms with van der Waals surface area (Å²) in [6.07, 6.45) is 1.49. The molecule has 5 nitrogen and oxygen atoms in total. The molecule has 4 rings (SSSR count). The Kier molecular flexibility index (Phi) is 8.10. The Morgan fingerprint density at radius 1 is 1.19 bits per heavy atom. The highest BCUT2D eigenvalue weighted by Gasteiger charge is 2.66. The van der Waals surface area contributed by atoms with Crippen LogP contribution < -0.4 is 16.0 Å². The van der Waals surface area contributed by atoms with Crippen molar-refractivity contribution in [2.45, 2.75) is 76.2 Å². The average Bonchev–Trinajstić information content (AvgIpc) is 3.27. The van der Waals surface area contributed by atoms with Crippen molar-refractivity contribution in [1.29, 1.82) is 0 Å². The maximum atomic E-state index is 15.7. The monoisotopic (exact) mass is 563 g/mol. The number of hydrogen-bond donors (Lipinski definition) is 3. The second-order valence-corrected chi connectivity index (χ2v) is 16.1. The van der Waals surface area contributed by atoms with Crippen LogP contribution in [0.25, 0.3) is 0 Å². The molecule has 2 aliphatic heterocycles. The zero-order valence-electron chi connectivity index (χ0n) is 22.1. The van der Waals surface area contributed by atoms with Crippen molar-refractivity contribution in [2.75, 3.05) is 11.9 Å². The Morgan fingerprint density at radius 3 is 2.59 bits per heavy atom. The Balaban J connectivity index is 1.88. The van der Waals surface area contributed by atoms with Gasteiger partial charge in [-0.1, -0.05) is 81.3 Å². The molecular weight excluding hydrogens is 528 g/mol. The van der Waals surface area contributed by atoms with Crippen LogP contribution in [0.5, 0.6) is 0 Å². The first-order valence-electron chi connectivity index (χ1n) is 13.0. The van der Waals surface area contributed by atoms with Gasteiger partial charge in [-0.15, -0.1) is 0 Å². The Hall–Kier alpha value is -1.93. The molecular formula is C28H36Cl2FN3O2Si. The van der Waals surface area contributed by atoms with Gasteiger partial charge in [0.25, 0.3) is 0 Å². The van der Waals surface area contributed by atoms with E-state index in [4.69, 9.17) is 23.2 Å². The molecule has 0 radical (unpaired) electrons. The van der Waals surface area contributed by atoms with E-state index in [1.807, 2.05) is 6.07 Å². The molecule has 2 aromatic carbocycles. The highest BCUT2D eigenvalue weighted by atomic mass is 35.5. The molecule has 9 heteroatoms. The highest BCUT2D eigenvalue weighted by Crippen LogP contribution is 2.57. The van der Waals surface area contributed by atoms with Gasteiger partial charge in [0.2, 0.25) is 11.8 Å². The van der Waals surface area contributed by atoms with E-state index in [-0.39, 0.29) is 27.8 Å². The van der Waals surface area contributed by atoms with E-state index in [0.29, 0.717) is 29.2 Å². The van der Waals surface area contributed by atoms with Gasteiger partial charge in [0.15, 0.2) is 0 Å². The summed E-state index contributed by atoms with van der Waals surface area (Å²) in [4.78, 5) is 27.8. The van der Waals surface area contributed by atoms with Crippen LogP contribution in [-0.4, -0.2) is 39.2 Å². The molecule has 1 fully saturated rings. The van der Waals surface area contributed by atoms with Gasteiger partial charge in [0.1, 0.15) is 11.2 Å². The van der Waals surface area contributed by atoms with E-state index < -0.39 is 38.0 Å². The molecule has 1 saturated heterocycles. The molecule has 0 aliphatic carbocycles. The molecule has 0 bridgehead atoms. The van der Waals surface area contributed by atoms with Crippen LogP contribution in [0.15, 0.2) is 36.4 Å². The number of benzene rings is 2. The lowest BCUT2D eigenvalue weighted by Crippen LogP contribution is -2.49. The summed E-state index contributed by atoms with van der Waals surface area (Å²) in [5.74, 6) is -1.93. The third-order valence-electron chi connectivity index (χ3n) is 7.48. The van der Waals surface area contributed by atoms with Crippen molar-refractivity contribution in [2.24, 2.45) is 5.41 Å². The van der Waals surface area contributed by atoms with Crippen molar-refractivity contribution in [1.82, 2.24) is 10.6 Å². The fraction of sp³-hybridized carbons (Fsp3) is 0.500. The summed E-state index contributed by atoms with van der Waals surface area (Å²) in [6.45, 7) is 11.4. The fourth-order valence-corrected chi connectivity index (χ4v) is 7.36. The summed E-state index contributed by atoms with van der Waals surface area (Å²) >= 11 is 12.5. The summed E-state index contributed by atoms with van der Waals surface area (Å²) < 4.78 is 15.7. The van der Waals surface area contributed by atoms with Gasteiger partial charge in [0.05, 0.1) is 11.1 Å². The van der Waals surface area contributed by atoms with E-state index >= 15 is 4.39 Å². The molecule has 2 amide bonds. The van der Waals surface area contributed by atoms with E-state index in [1.54, 1.807) is 24.3 Å². The Morgan fingerprint density at radius 2 is 1.92 bits per heavy atom. The second kappa shape index (κ2) is 10.7. The van der Waals surface area contributed by atoms with Crippen molar-refractivity contribution in [3.63, 3.8) is 0 Å². The summed E-state index contributed by atoms with van der Waals surface area (Å²) in [6, 6.07) is 9.94. The average molecular weight is 565 g/mol. The van der Waals surface area contributed by atoms with E-state index in [1.165, 1.54) is 6.07 Å². The molecule has 1 spiro atoms. The van der Waals surface area contributed by atoms with Crippen LogP contribution in [0.4, 0.5) is 10.1 Å². The van der Waals surface area contributed by atoms with Gasteiger partial charge < -0.3 is 16.0 Å². The van der Waals surface area contributed by atoms with Crippen LogP contribution in [0.3, 0.4) is 0 Å². The zero-order valence-corrected chi connectivity index (χ0v) is 24.7. The van der Waals surface area contributed by atoms with Crippen molar-refractivity contribution in [3.05, 3.63) is 63.4 Å². The summed E-state index contributed by atoms with van der Waals surface area (Å²) in [7, 11) is -0.737. The Labute approximate surface area is 230 Å². The van der Waals surface area contributed by atoms with Gasteiger partial charge in [-0.05, 0) is 47.6 Å². The zero-order chi connectivity index (χ0) is 27.1. The predicted octanol–water partition coefficient (Wildman–Crippen LogP) is 5.88. The number of carbonyl (C=O) groups excluding carboxylic acids is 2. The first-order chi connectivity index (χ1) is 17.4. The molecule has 4 atom stereocenters. The van der Waals surface area contributed by atoms with E-state index in [0.717, 1.165) is 12.5 Å². The lowest BCUT2D eigenvalue weighted by Gasteiger charge is -2.37. The molecule has 37 heavy (non-hydrogen) atoms. The quantitative estimate of drug-likeness (QED) is 0.291. The topological polar surface area (TPSA) is 70.2 Å². The molecule has 0 saturated carbocycles. The molecule has 2 heterocycles. The first kappa shape index (κ1) is 28.1. The van der Waals surface area contributed by atoms with Crippen LogP contribution in [-0.2, 0) is 15.0 Å². The summed E-state index contributed by atoms with van der Waals surface area (Å²) in [5, 5.41) is 10.0. The number of amides is 2. The maximum absolute atomic E-state index is 15.7. The number of hydrogen-bond acceptors (Lipinski definition) is 3. The van der Waals surface area contributed by atoms with Gasteiger partial charge in [-0.2, -0.15) is 0 Å². The predicted molar refractivity (Wildman–Crippen MR) is 152 cm³/mol. The van der Waals surface area contributed by atoms with Gasteiger partial charge in [-0.25, -0.2) is 4.39 Å². The number of nitrogens with one attached hydrogen (secondary N) is 3. The fourth-order valence-electron chi connectivity index (χ4n) is 5.98. The molecule has 0 aromatic heterocycles. The van der Waals surface area contributed by atoms with Crippen molar-refractivity contribution >= 4 is 49.5 Å². The standard InChI is InChI=1S/C28H36Cl2FN3O2Si/c1-27(2,3)15-21-28(18-11-10-16(29)14-20(18)33-26(28)36)22(17-8-6-9-19(30)23(17)31)24(34-21)25(35)32-12-7-13-37(4)5/h6,8-11,14,21-22,24,34,37H,7,12-13,15H2,1-5H3,(H,32,35)(H,33,36)/t21-,22-,24+,28+/m0/s1. The highest BCUT2D eigenvalue weighted by molar-refractivity contribution is 6.55. The van der Waals surface area contributed by atoms with Crippen LogP contribution >= 0.6 is 23.2 Å². The first-order valence-corrected chi connectivity index (χ1v) is 16.8. The van der Waals surface area contributed by atoms with E-state index in [9.17, 15) is 9.59 Å². The largest absolute Gasteiger partial charge is 0.355 e. The van der Waals surface area contributed by atoms with E-state index in [2.05, 4.69) is 49.8 Å². The van der Waals surface area contributed by atoms with Gasteiger partial charge in [-0.3, -0.25) is 9.59 Å². The molecule has 0 unspecified atom stereocenters. The van der Waals surface area contributed by atoms with Crippen molar-refractivity contribution < 1.29 is 14.0 Å². The smallest absolute Gasteiger partial charge is 0.237 e. The number of halogens is 3. The Bertz CT molecular complexity index is 1200.